The predicted molar refractivity (Wildman–Crippen MR) is 68.9 cm³/mol. The van der Waals surface area contributed by atoms with E-state index in [4.69, 9.17) is 15.6 Å². The van der Waals surface area contributed by atoms with E-state index >= 15 is 0 Å². The van der Waals surface area contributed by atoms with Crippen LogP contribution < -0.4 is 11.1 Å². The Morgan fingerprint density at radius 2 is 2.41 bits per heavy atom. The summed E-state index contributed by atoms with van der Waals surface area (Å²) >= 11 is 1.72. The summed E-state index contributed by atoms with van der Waals surface area (Å²) in [7, 11) is 0. The van der Waals surface area contributed by atoms with Crippen molar-refractivity contribution in [2.24, 2.45) is 11.1 Å². The number of thioether (sulfide) groups is 1. The number of hydrogen-bond donors (Lipinski definition) is 3. The average molecular weight is 262 g/mol. The maximum absolute atomic E-state index is 11.9. The SMILES string of the molecule is CC1(C(=O)NCCSCCCO)COCC1N. The van der Waals surface area contributed by atoms with Crippen LogP contribution in [0.3, 0.4) is 0 Å². The van der Waals surface area contributed by atoms with Crippen LogP contribution in [-0.4, -0.2) is 54.9 Å². The number of amides is 1. The van der Waals surface area contributed by atoms with Crippen molar-refractivity contribution in [1.82, 2.24) is 5.32 Å². The number of nitrogens with one attached hydrogen (secondary N) is 1. The number of carbonyl (C=O) groups excluding carboxylic acids is 1. The lowest BCUT2D eigenvalue weighted by Gasteiger charge is -2.25. The van der Waals surface area contributed by atoms with E-state index in [1.54, 1.807) is 11.8 Å². The van der Waals surface area contributed by atoms with Crippen LogP contribution in [-0.2, 0) is 9.53 Å². The molecule has 1 amide bonds. The van der Waals surface area contributed by atoms with Gasteiger partial charge in [0.05, 0.1) is 18.6 Å². The molecule has 6 heteroatoms. The summed E-state index contributed by atoms with van der Waals surface area (Å²) in [6, 6.07) is -0.218. The average Bonchev–Trinajstić information content (AvgIpc) is 2.65. The molecular formula is C11H22N2O3S. The summed E-state index contributed by atoms with van der Waals surface area (Å²) in [5.74, 6) is 1.76. The van der Waals surface area contributed by atoms with E-state index < -0.39 is 5.41 Å². The largest absolute Gasteiger partial charge is 0.396 e. The van der Waals surface area contributed by atoms with E-state index in [-0.39, 0.29) is 18.6 Å². The number of rotatable bonds is 7. The molecule has 0 radical (unpaired) electrons. The molecule has 0 bridgehead atoms. The summed E-state index contributed by atoms with van der Waals surface area (Å²) in [6.45, 7) is 3.56. The molecule has 4 N–H and O–H groups in total. The van der Waals surface area contributed by atoms with Crippen molar-refractivity contribution in [1.29, 1.82) is 0 Å². The lowest BCUT2D eigenvalue weighted by molar-refractivity contribution is -0.130. The van der Waals surface area contributed by atoms with E-state index in [1.165, 1.54) is 0 Å². The maximum Gasteiger partial charge on any atom is 0.229 e. The first-order chi connectivity index (χ1) is 8.11. The molecule has 5 nitrogen and oxygen atoms in total. The zero-order valence-electron chi connectivity index (χ0n) is 10.3. The molecule has 0 aromatic rings. The summed E-state index contributed by atoms with van der Waals surface area (Å²) < 4.78 is 5.23. The second-order valence-electron chi connectivity index (χ2n) is 4.48. The van der Waals surface area contributed by atoms with Gasteiger partial charge in [-0.2, -0.15) is 11.8 Å². The van der Waals surface area contributed by atoms with Gasteiger partial charge in [0.15, 0.2) is 0 Å². The Morgan fingerprint density at radius 3 is 3.00 bits per heavy atom. The smallest absolute Gasteiger partial charge is 0.229 e. The second-order valence-corrected chi connectivity index (χ2v) is 5.71. The Labute approximate surface area is 106 Å². The van der Waals surface area contributed by atoms with E-state index in [0.717, 1.165) is 17.9 Å². The van der Waals surface area contributed by atoms with Crippen LogP contribution in [0.1, 0.15) is 13.3 Å². The molecular weight excluding hydrogens is 240 g/mol. The standard InChI is InChI=1S/C11H22N2O3S/c1-11(8-16-7-9(11)12)10(15)13-3-6-17-5-2-4-14/h9,14H,2-8,12H2,1H3,(H,13,15). The molecule has 2 unspecified atom stereocenters. The number of hydrogen-bond acceptors (Lipinski definition) is 5. The van der Waals surface area contributed by atoms with Crippen LogP contribution in [0.4, 0.5) is 0 Å². The molecule has 1 aliphatic heterocycles. The van der Waals surface area contributed by atoms with E-state index in [9.17, 15) is 4.79 Å². The van der Waals surface area contributed by atoms with E-state index in [0.29, 0.717) is 19.8 Å². The lowest BCUT2D eigenvalue weighted by atomic mass is 9.85. The normalized spacial score (nSPS) is 28.3. The highest BCUT2D eigenvalue weighted by atomic mass is 32.2. The first-order valence-electron chi connectivity index (χ1n) is 5.91. The molecule has 0 aromatic carbocycles. The molecule has 2 atom stereocenters. The molecule has 1 aliphatic rings. The van der Waals surface area contributed by atoms with Gasteiger partial charge >= 0.3 is 0 Å². The van der Waals surface area contributed by atoms with E-state index in [2.05, 4.69) is 5.32 Å². The molecule has 0 saturated carbocycles. The molecule has 1 saturated heterocycles. The zero-order chi connectivity index (χ0) is 12.7. The lowest BCUT2D eigenvalue weighted by Crippen LogP contribution is -2.50. The Morgan fingerprint density at radius 1 is 1.65 bits per heavy atom. The Balaban J connectivity index is 2.16. The number of aliphatic hydroxyl groups excluding tert-OH is 1. The molecule has 0 spiro atoms. The minimum absolute atomic E-state index is 0.0229. The number of nitrogens with two attached hydrogens (primary N) is 1. The Kier molecular flexibility index (Phi) is 6.26. The van der Waals surface area contributed by atoms with Crippen molar-refractivity contribution >= 4 is 17.7 Å². The monoisotopic (exact) mass is 262 g/mol. The molecule has 1 heterocycles. The minimum atomic E-state index is -0.588. The first-order valence-corrected chi connectivity index (χ1v) is 7.07. The van der Waals surface area contributed by atoms with Crippen LogP contribution >= 0.6 is 11.8 Å². The van der Waals surface area contributed by atoms with Gasteiger partial charge < -0.3 is 20.9 Å². The molecule has 0 aromatic heterocycles. The second kappa shape index (κ2) is 7.20. The quantitative estimate of drug-likeness (QED) is 0.543. The Bertz CT molecular complexity index is 253. The fraction of sp³-hybridized carbons (Fsp3) is 0.909. The maximum atomic E-state index is 11.9. The Hall–Kier alpha value is -0.300. The van der Waals surface area contributed by atoms with Crippen molar-refractivity contribution in [3.05, 3.63) is 0 Å². The number of aliphatic hydroxyl groups is 1. The van der Waals surface area contributed by atoms with Gasteiger partial charge in [0, 0.05) is 24.9 Å². The highest BCUT2D eigenvalue weighted by Crippen LogP contribution is 2.26. The molecule has 0 aliphatic carbocycles. The van der Waals surface area contributed by atoms with Gasteiger partial charge in [-0.1, -0.05) is 0 Å². The van der Waals surface area contributed by atoms with Gasteiger partial charge in [0.1, 0.15) is 0 Å². The fourth-order valence-corrected chi connectivity index (χ4v) is 2.41. The van der Waals surface area contributed by atoms with Gasteiger partial charge in [-0.15, -0.1) is 0 Å². The predicted octanol–water partition coefficient (Wildman–Crippen LogP) is -0.418. The van der Waals surface area contributed by atoms with Gasteiger partial charge in [-0.05, 0) is 19.1 Å². The molecule has 1 rings (SSSR count). The van der Waals surface area contributed by atoms with Crippen LogP contribution in [0.25, 0.3) is 0 Å². The van der Waals surface area contributed by atoms with E-state index in [1.807, 2.05) is 6.92 Å². The van der Waals surface area contributed by atoms with Crippen LogP contribution in [0.15, 0.2) is 0 Å². The fourth-order valence-electron chi connectivity index (χ4n) is 1.63. The highest BCUT2D eigenvalue weighted by molar-refractivity contribution is 7.99. The molecule has 1 fully saturated rings. The minimum Gasteiger partial charge on any atom is -0.396 e. The van der Waals surface area contributed by atoms with Gasteiger partial charge in [0.2, 0.25) is 5.91 Å². The summed E-state index contributed by atoms with van der Waals surface area (Å²) in [5, 5.41) is 11.5. The van der Waals surface area contributed by atoms with Gasteiger partial charge in [-0.3, -0.25) is 4.79 Å². The number of ether oxygens (including phenoxy) is 1. The van der Waals surface area contributed by atoms with Crippen LogP contribution in [0, 0.1) is 5.41 Å². The van der Waals surface area contributed by atoms with Crippen molar-refractivity contribution < 1.29 is 14.6 Å². The van der Waals surface area contributed by atoms with Crippen LogP contribution in [0.2, 0.25) is 0 Å². The van der Waals surface area contributed by atoms with Gasteiger partial charge in [0.25, 0.3) is 0 Å². The van der Waals surface area contributed by atoms with Crippen molar-refractivity contribution in [3.8, 4) is 0 Å². The zero-order valence-corrected chi connectivity index (χ0v) is 11.1. The van der Waals surface area contributed by atoms with Gasteiger partial charge in [-0.25, -0.2) is 0 Å². The van der Waals surface area contributed by atoms with Crippen molar-refractivity contribution in [3.63, 3.8) is 0 Å². The third-order valence-electron chi connectivity index (χ3n) is 3.02. The summed E-state index contributed by atoms with van der Waals surface area (Å²) in [5.41, 5.74) is 5.28. The van der Waals surface area contributed by atoms with Crippen molar-refractivity contribution in [2.75, 3.05) is 37.9 Å². The highest BCUT2D eigenvalue weighted by Gasteiger charge is 2.44. The third-order valence-corrected chi connectivity index (χ3v) is 4.09. The first kappa shape index (κ1) is 14.8. The topological polar surface area (TPSA) is 84.6 Å². The molecule has 17 heavy (non-hydrogen) atoms. The third kappa shape index (κ3) is 4.13. The summed E-state index contributed by atoms with van der Waals surface area (Å²) in [4.78, 5) is 11.9. The van der Waals surface area contributed by atoms with Crippen molar-refractivity contribution in [2.45, 2.75) is 19.4 Å². The van der Waals surface area contributed by atoms with Crippen LogP contribution in [0.5, 0.6) is 0 Å². The number of carbonyl (C=O) groups is 1. The summed E-state index contributed by atoms with van der Waals surface area (Å²) in [6.07, 6.45) is 0.801. The molecule has 100 valence electrons.